The molecule has 350 valence electrons. The van der Waals surface area contributed by atoms with Gasteiger partial charge in [0.1, 0.15) is 13.2 Å². The zero-order valence-electron chi connectivity index (χ0n) is 39.6. The Hall–Kier alpha value is -2.58. The highest BCUT2D eigenvalue weighted by Crippen LogP contribution is 2.43. The Kier molecular flexibility index (Phi) is 40.9. The predicted molar refractivity (Wildman–Crippen MR) is 262 cm³/mol. The Morgan fingerprint density at radius 3 is 1.49 bits per heavy atom. The number of quaternary nitrogens is 1. The summed E-state index contributed by atoms with van der Waals surface area (Å²) in [5.41, 5.74) is 0. The molecule has 0 saturated heterocycles. The molecule has 0 aliphatic rings. The summed E-state index contributed by atoms with van der Waals surface area (Å²) in [6, 6.07) is -0.910. The first-order chi connectivity index (χ1) is 29.5. The number of likely N-dealkylation sites (N-methyl/N-ethyl adjacent to an activating group) is 1. The molecule has 0 saturated carbocycles. The lowest BCUT2D eigenvalue weighted by Crippen LogP contribution is -2.45. The fourth-order valence-corrected chi connectivity index (χ4v) is 6.99. The van der Waals surface area contributed by atoms with E-state index in [1.165, 1.54) is 89.9 Å². The molecule has 0 aromatic heterocycles. The standard InChI is InChI=1S/C52H91N2O6P/c1-6-8-10-12-14-16-18-20-22-24-26-28-29-31-33-35-37-39-41-43-45-51(55)50(49-60-61(57,58)59-48-47-54(3,4)5)53-52(56)46-44-42-40-38-36-34-32-30-27-25-23-21-19-17-15-13-11-9-7-2/h9,11,15,17,21,23,27,30,34-37,40,42-43,45,50-51,55H,6-8,10,12-14,16,18-20,22,24-26,28-29,31-33,38-39,41,44,46-49H2,1-5H3,(H-,53,56,57,58)/p+1/b11-9-,17-15-,23-21-,30-27-,36-34-,37-35+,42-40-,45-43+. The molecule has 3 unspecified atom stereocenters. The summed E-state index contributed by atoms with van der Waals surface area (Å²) in [7, 11) is 1.49. The molecule has 3 atom stereocenters. The number of phosphoric ester groups is 1. The van der Waals surface area contributed by atoms with Crippen molar-refractivity contribution in [2.45, 2.75) is 187 Å². The van der Waals surface area contributed by atoms with Crippen molar-refractivity contribution in [1.29, 1.82) is 0 Å². The van der Waals surface area contributed by atoms with Gasteiger partial charge in [-0.3, -0.25) is 13.8 Å². The number of hydrogen-bond donors (Lipinski definition) is 3. The minimum atomic E-state index is -4.38. The van der Waals surface area contributed by atoms with E-state index in [0.717, 1.165) is 57.8 Å². The van der Waals surface area contributed by atoms with E-state index in [4.69, 9.17) is 9.05 Å². The number of nitrogens with zero attached hydrogens (tertiary/aromatic N) is 1. The minimum Gasteiger partial charge on any atom is -0.387 e. The Bertz CT molecular complexity index is 1310. The molecule has 0 spiro atoms. The molecule has 1 amide bonds. The molecule has 0 aromatic rings. The van der Waals surface area contributed by atoms with Crippen molar-refractivity contribution in [3.63, 3.8) is 0 Å². The van der Waals surface area contributed by atoms with E-state index in [-0.39, 0.29) is 25.5 Å². The number of carbonyl (C=O) groups is 1. The summed E-state index contributed by atoms with van der Waals surface area (Å²) < 4.78 is 23.5. The summed E-state index contributed by atoms with van der Waals surface area (Å²) in [5.74, 6) is -0.272. The van der Waals surface area contributed by atoms with Gasteiger partial charge in [-0.05, 0) is 70.6 Å². The molecule has 0 aliphatic heterocycles. The van der Waals surface area contributed by atoms with E-state index >= 15 is 0 Å². The van der Waals surface area contributed by atoms with Gasteiger partial charge in [0.15, 0.2) is 0 Å². The molecule has 0 fully saturated rings. The van der Waals surface area contributed by atoms with Crippen molar-refractivity contribution < 1.29 is 32.9 Å². The summed E-state index contributed by atoms with van der Waals surface area (Å²) in [6.45, 7) is 4.61. The van der Waals surface area contributed by atoms with Crippen LogP contribution < -0.4 is 5.32 Å². The molecule has 0 bridgehead atoms. The number of carbonyl (C=O) groups excluding carboxylic acids is 1. The van der Waals surface area contributed by atoms with Crippen LogP contribution in [0.5, 0.6) is 0 Å². The molecule has 9 heteroatoms. The smallest absolute Gasteiger partial charge is 0.387 e. The number of aliphatic hydroxyl groups excluding tert-OH is 1. The molecule has 3 N–H and O–H groups in total. The zero-order chi connectivity index (χ0) is 45.0. The number of hydrogen-bond acceptors (Lipinski definition) is 5. The first kappa shape index (κ1) is 58.4. The number of phosphoric acid groups is 1. The van der Waals surface area contributed by atoms with Gasteiger partial charge in [0.25, 0.3) is 0 Å². The number of aliphatic hydroxyl groups is 1. The number of rotatable bonds is 42. The molecular formula is C52H92N2O6P+. The summed E-state index contributed by atoms with van der Waals surface area (Å²) in [6.07, 6.45) is 60.8. The summed E-state index contributed by atoms with van der Waals surface area (Å²) in [5, 5.41) is 13.8. The van der Waals surface area contributed by atoms with Crippen LogP contribution in [0.2, 0.25) is 0 Å². The van der Waals surface area contributed by atoms with E-state index in [1.54, 1.807) is 6.08 Å². The second-order valence-corrected chi connectivity index (χ2v) is 18.5. The van der Waals surface area contributed by atoms with Crippen molar-refractivity contribution in [1.82, 2.24) is 5.32 Å². The van der Waals surface area contributed by atoms with Crippen LogP contribution >= 0.6 is 7.82 Å². The van der Waals surface area contributed by atoms with Crippen molar-refractivity contribution >= 4 is 13.7 Å². The van der Waals surface area contributed by atoms with Crippen LogP contribution in [0.3, 0.4) is 0 Å². The molecule has 0 rings (SSSR count). The SMILES string of the molecule is CC/C=C\C/C=C\C/C=C\C/C=C\C/C=C\C/C=C\CCC(=O)NC(COP(=O)(O)OCC[N+](C)(C)C)C(O)/C=C/CC/C=C/CCCCCCCCCCCCCCCC. The second-order valence-electron chi connectivity index (χ2n) is 17.1. The number of allylic oxidation sites excluding steroid dienone is 15. The summed E-state index contributed by atoms with van der Waals surface area (Å²) >= 11 is 0. The van der Waals surface area contributed by atoms with E-state index in [9.17, 15) is 19.4 Å². The molecule has 0 heterocycles. The lowest BCUT2D eigenvalue weighted by Gasteiger charge is -2.25. The van der Waals surface area contributed by atoms with Gasteiger partial charge in [-0.1, -0.05) is 195 Å². The van der Waals surface area contributed by atoms with Gasteiger partial charge in [0, 0.05) is 6.42 Å². The van der Waals surface area contributed by atoms with Crippen LogP contribution in [0.1, 0.15) is 174 Å². The van der Waals surface area contributed by atoms with Crippen LogP contribution in [0.4, 0.5) is 0 Å². The number of unbranched alkanes of at least 4 members (excludes halogenated alkanes) is 15. The fraction of sp³-hybridized carbons (Fsp3) is 0.673. The number of amides is 1. The molecule has 61 heavy (non-hydrogen) atoms. The van der Waals surface area contributed by atoms with Gasteiger partial charge < -0.3 is 19.8 Å². The lowest BCUT2D eigenvalue weighted by atomic mass is 10.0. The Morgan fingerprint density at radius 1 is 0.574 bits per heavy atom. The van der Waals surface area contributed by atoms with Gasteiger partial charge in [-0.25, -0.2) is 4.57 Å². The molecular weight excluding hydrogens is 780 g/mol. The van der Waals surface area contributed by atoms with Crippen LogP contribution in [-0.4, -0.2) is 73.4 Å². The van der Waals surface area contributed by atoms with Crippen molar-refractivity contribution in [3.05, 3.63) is 97.2 Å². The number of nitrogens with one attached hydrogen (secondary N) is 1. The highest BCUT2D eigenvalue weighted by Gasteiger charge is 2.27. The quantitative estimate of drug-likeness (QED) is 0.0244. The first-order valence-corrected chi connectivity index (χ1v) is 25.6. The van der Waals surface area contributed by atoms with Crippen LogP contribution in [-0.2, 0) is 18.4 Å². The molecule has 0 aromatic carbocycles. The third kappa shape index (κ3) is 45.3. The van der Waals surface area contributed by atoms with Crippen LogP contribution in [0.15, 0.2) is 97.2 Å². The molecule has 8 nitrogen and oxygen atoms in total. The highest BCUT2D eigenvalue weighted by atomic mass is 31.2. The third-order valence-corrected chi connectivity index (χ3v) is 11.0. The monoisotopic (exact) mass is 872 g/mol. The zero-order valence-corrected chi connectivity index (χ0v) is 40.5. The van der Waals surface area contributed by atoms with Crippen molar-refractivity contribution in [3.8, 4) is 0 Å². The maximum atomic E-state index is 12.9. The Balaban J connectivity index is 4.56. The lowest BCUT2D eigenvalue weighted by molar-refractivity contribution is -0.870. The van der Waals surface area contributed by atoms with Crippen molar-refractivity contribution in [2.75, 3.05) is 40.9 Å². The normalized spacial score (nSPS) is 15.1. The van der Waals surface area contributed by atoms with Gasteiger partial charge in [0.2, 0.25) is 5.91 Å². The summed E-state index contributed by atoms with van der Waals surface area (Å²) in [4.78, 5) is 23.1. The van der Waals surface area contributed by atoms with Crippen molar-refractivity contribution in [2.24, 2.45) is 0 Å². The molecule has 0 aliphatic carbocycles. The largest absolute Gasteiger partial charge is 0.472 e. The van der Waals surface area contributed by atoms with E-state index in [1.807, 2.05) is 39.4 Å². The highest BCUT2D eigenvalue weighted by molar-refractivity contribution is 7.47. The topological polar surface area (TPSA) is 105 Å². The van der Waals surface area contributed by atoms with Crippen LogP contribution in [0, 0.1) is 0 Å². The predicted octanol–water partition coefficient (Wildman–Crippen LogP) is 13.9. The Labute approximate surface area is 375 Å². The van der Waals surface area contributed by atoms with Gasteiger partial charge in [0.05, 0.1) is 39.9 Å². The van der Waals surface area contributed by atoms with Gasteiger partial charge in [-0.2, -0.15) is 0 Å². The maximum absolute atomic E-state index is 12.9. The fourth-order valence-electron chi connectivity index (χ4n) is 6.26. The maximum Gasteiger partial charge on any atom is 0.472 e. The Morgan fingerprint density at radius 2 is 1.00 bits per heavy atom. The van der Waals surface area contributed by atoms with Gasteiger partial charge >= 0.3 is 7.82 Å². The minimum absolute atomic E-state index is 0.0373. The third-order valence-electron chi connectivity index (χ3n) is 10.1. The van der Waals surface area contributed by atoms with E-state index in [2.05, 4.69) is 92.1 Å². The van der Waals surface area contributed by atoms with Gasteiger partial charge in [-0.15, -0.1) is 0 Å². The van der Waals surface area contributed by atoms with Crippen LogP contribution in [0.25, 0.3) is 0 Å². The second kappa shape index (κ2) is 42.7. The molecule has 0 radical (unpaired) electrons. The average Bonchev–Trinajstić information content (AvgIpc) is 3.21. The first-order valence-electron chi connectivity index (χ1n) is 24.1. The van der Waals surface area contributed by atoms with E-state index < -0.39 is 20.0 Å². The van der Waals surface area contributed by atoms with E-state index in [0.29, 0.717) is 17.4 Å². The average molecular weight is 872 g/mol.